The third-order valence-corrected chi connectivity index (χ3v) is 10.1. The Morgan fingerprint density at radius 2 is 1.79 bits per heavy atom. The minimum absolute atomic E-state index is 0.110. The zero-order chi connectivity index (χ0) is 26.8. The van der Waals surface area contributed by atoms with Crippen molar-refractivity contribution >= 4 is 15.7 Å². The van der Waals surface area contributed by atoms with Gasteiger partial charge in [-0.2, -0.15) is 5.10 Å². The summed E-state index contributed by atoms with van der Waals surface area (Å²) >= 11 is 0. The molecule has 8 nitrogen and oxygen atoms in total. The minimum Gasteiger partial charge on any atom is -0.371 e. The Hall–Kier alpha value is -3.08. The van der Waals surface area contributed by atoms with Crippen LogP contribution in [-0.2, 0) is 26.9 Å². The first-order valence-electron chi connectivity index (χ1n) is 13.7. The van der Waals surface area contributed by atoms with E-state index in [1.807, 2.05) is 24.3 Å². The number of amides is 1. The molecule has 3 aliphatic heterocycles. The number of rotatable bonds is 4. The quantitative estimate of drug-likeness (QED) is 0.489. The number of sulfone groups is 1. The smallest absolute Gasteiger partial charge is 0.274 e. The standard InChI is InChI=1S/C29H31FN4O4S/c30-24-6-4-5-22-26-23(18-39(36,37)27(22)24)25(28(35)33-15-16-38-29(19-33)11-12-29)31-34(26)21-9-7-20(8-10-21)17-32-13-2-1-3-14-32/h4-10H,1-3,11-19H2. The summed E-state index contributed by atoms with van der Waals surface area (Å²) in [6.45, 7) is 4.40. The lowest BCUT2D eigenvalue weighted by molar-refractivity contribution is -0.0377. The minimum atomic E-state index is -4.00. The van der Waals surface area contributed by atoms with Crippen LogP contribution in [0.2, 0.25) is 0 Å². The zero-order valence-corrected chi connectivity index (χ0v) is 22.6. The van der Waals surface area contributed by atoms with Crippen molar-refractivity contribution in [1.82, 2.24) is 19.6 Å². The van der Waals surface area contributed by atoms with Crippen LogP contribution in [0.5, 0.6) is 0 Å². The number of carbonyl (C=O) groups excluding carboxylic acids is 1. The lowest BCUT2D eigenvalue weighted by Gasteiger charge is -2.33. The first-order valence-corrected chi connectivity index (χ1v) is 15.4. The van der Waals surface area contributed by atoms with Crippen LogP contribution in [-0.4, -0.2) is 72.3 Å². The molecule has 1 saturated carbocycles. The van der Waals surface area contributed by atoms with Gasteiger partial charge in [0.1, 0.15) is 10.7 Å². The maximum absolute atomic E-state index is 14.9. The maximum Gasteiger partial charge on any atom is 0.274 e. The molecular formula is C29H31FN4O4S. The summed E-state index contributed by atoms with van der Waals surface area (Å²) in [5.41, 5.74) is 2.73. The molecule has 10 heteroatoms. The molecule has 0 unspecified atom stereocenters. The molecule has 1 amide bonds. The van der Waals surface area contributed by atoms with Gasteiger partial charge in [-0.3, -0.25) is 9.69 Å². The number of nitrogens with zero attached hydrogens (tertiary/aromatic N) is 4. The van der Waals surface area contributed by atoms with Crippen molar-refractivity contribution in [2.75, 3.05) is 32.8 Å². The average molecular weight is 551 g/mol. The molecule has 2 aromatic carbocycles. The van der Waals surface area contributed by atoms with Crippen LogP contribution in [0, 0.1) is 5.82 Å². The summed E-state index contributed by atoms with van der Waals surface area (Å²) < 4.78 is 49.0. The number of likely N-dealkylation sites (tertiary alicyclic amines) is 1. The molecule has 4 aliphatic rings. The van der Waals surface area contributed by atoms with Crippen LogP contribution < -0.4 is 0 Å². The summed E-state index contributed by atoms with van der Waals surface area (Å²) in [7, 11) is -4.00. The monoisotopic (exact) mass is 550 g/mol. The summed E-state index contributed by atoms with van der Waals surface area (Å²) in [6.07, 6.45) is 5.54. The molecule has 4 heterocycles. The number of halogens is 1. The second kappa shape index (κ2) is 9.25. The predicted molar refractivity (Wildman–Crippen MR) is 143 cm³/mol. The molecule has 0 radical (unpaired) electrons. The normalized spacial score (nSPS) is 21.4. The number of ether oxygens (including phenoxy) is 1. The predicted octanol–water partition coefficient (Wildman–Crippen LogP) is 3.96. The van der Waals surface area contributed by atoms with Crippen molar-refractivity contribution in [3.8, 4) is 16.9 Å². The van der Waals surface area contributed by atoms with Crippen molar-refractivity contribution in [1.29, 1.82) is 0 Å². The number of benzene rings is 2. The molecule has 0 N–H and O–H groups in total. The van der Waals surface area contributed by atoms with Gasteiger partial charge >= 0.3 is 0 Å². The van der Waals surface area contributed by atoms with E-state index in [2.05, 4.69) is 4.90 Å². The van der Waals surface area contributed by atoms with Crippen LogP contribution in [0.1, 0.15) is 53.7 Å². The summed E-state index contributed by atoms with van der Waals surface area (Å²) in [5, 5.41) is 4.73. The van der Waals surface area contributed by atoms with Gasteiger partial charge in [0.2, 0.25) is 0 Å². The van der Waals surface area contributed by atoms with E-state index in [1.54, 1.807) is 15.6 Å². The molecule has 0 bridgehead atoms. The van der Waals surface area contributed by atoms with E-state index in [9.17, 15) is 17.6 Å². The van der Waals surface area contributed by atoms with Gasteiger partial charge in [-0.25, -0.2) is 17.5 Å². The van der Waals surface area contributed by atoms with Crippen LogP contribution in [0.15, 0.2) is 47.4 Å². The SMILES string of the molecule is O=C(c1nn(-c2ccc(CN3CCCCC3)cc2)c2c1CS(=O)(=O)c1c(F)cccc1-2)N1CCOC2(CC2)C1. The molecule has 39 heavy (non-hydrogen) atoms. The van der Waals surface area contributed by atoms with Crippen molar-refractivity contribution in [3.63, 3.8) is 0 Å². The van der Waals surface area contributed by atoms with E-state index in [1.165, 1.54) is 30.9 Å². The van der Waals surface area contributed by atoms with Gasteiger partial charge in [-0.1, -0.05) is 30.7 Å². The zero-order valence-electron chi connectivity index (χ0n) is 21.7. The van der Waals surface area contributed by atoms with Gasteiger partial charge in [-0.05, 0) is 62.5 Å². The Morgan fingerprint density at radius 1 is 1.03 bits per heavy atom. The Kier molecular flexibility index (Phi) is 5.91. The highest BCUT2D eigenvalue weighted by Gasteiger charge is 2.49. The largest absolute Gasteiger partial charge is 0.371 e. The van der Waals surface area contributed by atoms with Crippen molar-refractivity contribution < 1.29 is 22.3 Å². The first-order chi connectivity index (χ1) is 18.8. The van der Waals surface area contributed by atoms with Crippen molar-refractivity contribution in [2.45, 2.75) is 54.9 Å². The summed E-state index contributed by atoms with van der Waals surface area (Å²) in [6, 6.07) is 12.2. The topological polar surface area (TPSA) is 84.7 Å². The molecular weight excluding hydrogens is 519 g/mol. The van der Waals surface area contributed by atoms with Crippen LogP contribution in [0.4, 0.5) is 4.39 Å². The van der Waals surface area contributed by atoms with Crippen LogP contribution in [0.3, 0.4) is 0 Å². The van der Waals surface area contributed by atoms with E-state index in [0.29, 0.717) is 36.6 Å². The maximum atomic E-state index is 14.9. The van der Waals surface area contributed by atoms with Gasteiger partial charge in [0.05, 0.1) is 35.9 Å². The number of piperidine rings is 1. The molecule has 204 valence electrons. The summed E-state index contributed by atoms with van der Waals surface area (Å²) in [5.74, 6) is -1.57. The van der Waals surface area contributed by atoms with Crippen molar-refractivity contribution in [2.24, 2.45) is 0 Å². The number of aromatic nitrogens is 2. The number of carbonyl (C=O) groups is 1. The van der Waals surface area contributed by atoms with E-state index in [-0.39, 0.29) is 27.7 Å². The fourth-order valence-corrected chi connectivity index (χ4v) is 7.89. The number of fused-ring (bicyclic) bond motifs is 3. The van der Waals surface area contributed by atoms with Gasteiger partial charge in [-0.15, -0.1) is 0 Å². The Morgan fingerprint density at radius 3 is 2.54 bits per heavy atom. The van der Waals surface area contributed by atoms with E-state index in [4.69, 9.17) is 9.84 Å². The fourth-order valence-electron chi connectivity index (χ4n) is 6.22. The average Bonchev–Trinajstić information content (AvgIpc) is 3.56. The lowest BCUT2D eigenvalue weighted by atomic mass is 10.0. The van der Waals surface area contributed by atoms with Gasteiger partial charge in [0.25, 0.3) is 5.91 Å². The molecule has 2 saturated heterocycles. The number of hydrogen-bond acceptors (Lipinski definition) is 6. The third-order valence-electron chi connectivity index (χ3n) is 8.43. The second-order valence-electron chi connectivity index (χ2n) is 11.2. The van der Waals surface area contributed by atoms with Gasteiger partial charge in [0, 0.05) is 24.2 Å². The van der Waals surface area contributed by atoms with Gasteiger partial charge in [0.15, 0.2) is 15.5 Å². The van der Waals surface area contributed by atoms with E-state index < -0.39 is 21.4 Å². The lowest BCUT2D eigenvalue weighted by Crippen LogP contribution is -2.47. The molecule has 1 aromatic heterocycles. The third kappa shape index (κ3) is 4.38. The fraction of sp³-hybridized carbons (Fsp3) is 0.448. The molecule has 3 fully saturated rings. The molecule has 1 aliphatic carbocycles. The Balaban J connectivity index is 1.31. The molecule has 1 spiro atoms. The number of morpholine rings is 1. The first kappa shape index (κ1) is 24.9. The molecule has 0 atom stereocenters. The highest BCUT2D eigenvalue weighted by molar-refractivity contribution is 7.91. The Bertz CT molecular complexity index is 1560. The van der Waals surface area contributed by atoms with Gasteiger partial charge < -0.3 is 9.64 Å². The summed E-state index contributed by atoms with van der Waals surface area (Å²) in [4.78, 5) is 17.7. The molecule has 7 rings (SSSR count). The van der Waals surface area contributed by atoms with E-state index in [0.717, 1.165) is 38.5 Å². The molecule has 3 aromatic rings. The number of hydrogen-bond donors (Lipinski definition) is 0. The van der Waals surface area contributed by atoms with Crippen molar-refractivity contribution in [3.05, 3.63) is 65.1 Å². The Labute approximate surface area is 227 Å². The highest BCUT2D eigenvalue weighted by atomic mass is 32.2. The van der Waals surface area contributed by atoms with Crippen LogP contribution >= 0.6 is 0 Å². The van der Waals surface area contributed by atoms with Crippen LogP contribution in [0.25, 0.3) is 16.9 Å². The highest BCUT2D eigenvalue weighted by Crippen LogP contribution is 2.44. The van der Waals surface area contributed by atoms with E-state index >= 15 is 0 Å². The second-order valence-corrected chi connectivity index (χ2v) is 13.2.